The summed E-state index contributed by atoms with van der Waals surface area (Å²) in [6, 6.07) is 16.2. The standard InChI is InChI=1S/C21H19NOS/c23-20(21-11-6-12-24-21)14-17(15-7-2-1-3-8-15)19-13-16-9-4-5-10-18(16)22-19/h1-3,6-8,11-14,22H,4-5,9-10H2/b17-14-. The molecule has 0 spiro atoms. The molecule has 0 saturated heterocycles. The fourth-order valence-electron chi connectivity index (χ4n) is 3.30. The molecule has 1 aliphatic rings. The molecule has 0 saturated carbocycles. The number of carbonyl (C=O) groups is 1. The van der Waals surface area contributed by atoms with Gasteiger partial charge in [0.25, 0.3) is 0 Å². The molecular weight excluding hydrogens is 314 g/mol. The number of thiophene rings is 1. The molecule has 2 nitrogen and oxygen atoms in total. The quantitative estimate of drug-likeness (QED) is 0.512. The van der Waals surface area contributed by atoms with E-state index >= 15 is 0 Å². The summed E-state index contributed by atoms with van der Waals surface area (Å²) < 4.78 is 0. The first-order valence-corrected chi connectivity index (χ1v) is 9.25. The predicted octanol–water partition coefficient (Wildman–Crippen LogP) is 5.27. The van der Waals surface area contributed by atoms with Crippen LogP contribution in [0.1, 0.15) is 45.0 Å². The Bertz CT molecular complexity index is 848. The molecule has 0 amide bonds. The van der Waals surface area contributed by atoms with E-state index in [0.717, 1.165) is 34.5 Å². The SMILES string of the molecule is O=C(/C=C(/c1ccccc1)c1cc2c([nH]1)CCCC2)c1cccs1. The Labute approximate surface area is 145 Å². The molecule has 0 aliphatic heterocycles. The lowest BCUT2D eigenvalue weighted by Gasteiger charge is -2.09. The Morgan fingerprint density at radius 1 is 1.04 bits per heavy atom. The smallest absolute Gasteiger partial charge is 0.196 e. The summed E-state index contributed by atoms with van der Waals surface area (Å²) in [6.07, 6.45) is 6.51. The van der Waals surface area contributed by atoms with E-state index in [1.165, 1.54) is 35.4 Å². The second-order valence-corrected chi connectivity index (χ2v) is 7.11. The van der Waals surface area contributed by atoms with Crippen molar-refractivity contribution in [1.29, 1.82) is 0 Å². The molecule has 3 heteroatoms. The number of aromatic amines is 1. The molecule has 0 unspecified atom stereocenters. The zero-order valence-electron chi connectivity index (χ0n) is 13.4. The summed E-state index contributed by atoms with van der Waals surface area (Å²) in [4.78, 5) is 17.0. The largest absolute Gasteiger partial charge is 0.358 e. The number of aromatic nitrogens is 1. The lowest BCUT2D eigenvalue weighted by molar-refractivity contribution is 0.105. The fraction of sp³-hybridized carbons (Fsp3) is 0.190. The van der Waals surface area contributed by atoms with E-state index in [1.807, 2.05) is 35.7 Å². The van der Waals surface area contributed by atoms with Crippen molar-refractivity contribution in [3.05, 3.63) is 87.4 Å². The first-order valence-electron chi connectivity index (χ1n) is 8.37. The highest BCUT2D eigenvalue weighted by atomic mass is 32.1. The van der Waals surface area contributed by atoms with Crippen molar-refractivity contribution < 1.29 is 4.79 Å². The Kier molecular flexibility index (Phi) is 4.18. The minimum Gasteiger partial charge on any atom is -0.358 e. The van der Waals surface area contributed by atoms with Crippen LogP contribution in [0.25, 0.3) is 5.57 Å². The van der Waals surface area contributed by atoms with Crippen LogP contribution in [0, 0.1) is 0 Å². The van der Waals surface area contributed by atoms with E-state index in [4.69, 9.17) is 0 Å². The zero-order valence-corrected chi connectivity index (χ0v) is 14.2. The van der Waals surface area contributed by atoms with Crippen LogP contribution in [-0.2, 0) is 12.8 Å². The summed E-state index contributed by atoms with van der Waals surface area (Å²) in [5.41, 5.74) is 5.84. The maximum atomic E-state index is 12.6. The third-order valence-electron chi connectivity index (χ3n) is 4.53. The molecule has 0 bridgehead atoms. The molecule has 0 atom stereocenters. The summed E-state index contributed by atoms with van der Waals surface area (Å²) in [7, 11) is 0. The summed E-state index contributed by atoms with van der Waals surface area (Å²) in [5.74, 6) is 0.0661. The highest BCUT2D eigenvalue weighted by Crippen LogP contribution is 2.29. The average molecular weight is 333 g/mol. The fourth-order valence-corrected chi connectivity index (χ4v) is 3.94. The lowest BCUT2D eigenvalue weighted by Crippen LogP contribution is -1.99. The second-order valence-electron chi connectivity index (χ2n) is 6.16. The van der Waals surface area contributed by atoms with E-state index in [1.54, 1.807) is 6.08 Å². The van der Waals surface area contributed by atoms with Crippen LogP contribution >= 0.6 is 11.3 Å². The van der Waals surface area contributed by atoms with Crippen molar-refractivity contribution >= 4 is 22.7 Å². The summed E-state index contributed by atoms with van der Waals surface area (Å²) in [6.45, 7) is 0. The van der Waals surface area contributed by atoms with Gasteiger partial charge in [0, 0.05) is 17.0 Å². The Morgan fingerprint density at radius 2 is 1.88 bits per heavy atom. The number of fused-ring (bicyclic) bond motifs is 1. The van der Waals surface area contributed by atoms with Crippen molar-refractivity contribution in [1.82, 2.24) is 4.98 Å². The number of hydrogen-bond donors (Lipinski definition) is 1. The molecule has 0 fully saturated rings. The van der Waals surface area contributed by atoms with Crippen molar-refractivity contribution in [2.75, 3.05) is 0 Å². The van der Waals surface area contributed by atoms with Gasteiger partial charge in [0.1, 0.15) is 0 Å². The first kappa shape index (κ1) is 15.2. The third-order valence-corrected chi connectivity index (χ3v) is 5.41. The highest BCUT2D eigenvalue weighted by molar-refractivity contribution is 7.12. The van der Waals surface area contributed by atoms with Gasteiger partial charge < -0.3 is 4.98 Å². The maximum Gasteiger partial charge on any atom is 0.196 e. The van der Waals surface area contributed by atoms with Crippen molar-refractivity contribution in [2.24, 2.45) is 0 Å². The number of aryl methyl sites for hydroxylation is 2. The highest BCUT2D eigenvalue weighted by Gasteiger charge is 2.17. The normalized spacial score (nSPS) is 14.4. The van der Waals surface area contributed by atoms with E-state index in [2.05, 4.69) is 23.2 Å². The van der Waals surface area contributed by atoms with Crippen molar-refractivity contribution in [3.8, 4) is 0 Å². The van der Waals surface area contributed by atoms with Gasteiger partial charge in [-0.15, -0.1) is 11.3 Å². The number of nitrogens with one attached hydrogen (secondary N) is 1. The monoisotopic (exact) mass is 333 g/mol. The predicted molar refractivity (Wildman–Crippen MR) is 99.6 cm³/mol. The van der Waals surface area contributed by atoms with Crippen LogP contribution in [0.2, 0.25) is 0 Å². The Hall–Kier alpha value is -2.39. The van der Waals surface area contributed by atoms with Gasteiger partial charge in [-0.2, -0.15) is 0 Å². The van der Waals surface area contributed by atoms with Gasteiger partial charge in [0.2, 0.25) is 0 Å². The molecule has 1 aliphatic carbocycles. The molecule has 2 aromatic heterocycles. The number of carbonyl (C=O) groups excluding carboxylic acids is 1. The molecule has 24 heavy (non-hydrogen) atoms. The number of benzene rings is 1. The minimum absolute atomic E-state index is 0.0661. The number of allylic oxidation sites excluding steroid dienone is 1. The van der Waals surface area contributed by atoms with E-state index < -0.39 is 0 Å². The van der Waals surface area contributed by atoms with Crippen LogP contribution in [0.15, 0.2) is 60.0 Å². The molecule has 1 aromatic carbocycles. The van der Waals surface area contributed by atoms with Gasteiger partial charge in [-0.05, 0) is 60.4 Å². The van der Waals surface area contributed by atoms with Crippen LogP contribution in [0.5, 0.6) is 0 Å². The molecule has 3 aromatic rings. The number of ketones is 1. The Balaban J connectivity index is 1.79. The molecule has 1 N–H and O–H groups in total. The van der Waals surface area contributed by atoms with Gasteiger partial charge >= 0.3 is 0 Å². The van der Waals surface area contributed by atoms with Crippen molar-refractivity contribution in [3.63, 3.8) is 0 Å². The first-order chi connectivity index (χ1) is 11.8. The zero-order chi connectivity index (χ0) is 16.4. The molecule has 0 radical (unpaired) electrons. The van der Waals surface area contributed by atoms with Crippen LogP contribution in [-0.4, -0.2) is 10.8 Å². The van der Waals surface area contributed by atoms with Crippen molar-refractivity contribution in [2.45, 2.75) is 25.7 Å². The molecular formula is C21H19NOS. The maximum absolute atomic E-state index is 12.6. The number of hydrogen-bond acceptors (Lipinski definition) is 2. The topological polar surface area (TPSA) is 32.9 Å². The third kappa shape index (κ3) is 3.00. The average Bonchev–Trinajstić information content (AvgIpc) is 3.29. The molecule has 4 rings (SSSR count). The van der Waals surface area contributed by atoms with Crippen LogP contribution in [0.4, 0.5) is 0 Å². The van der Waals surface area contributed by atoms with E-state index in [9.17, 15) is 4.79 Å². The van der Waals surface area contributed by atoms with E-state index in [-0.39, 0.29) is 5.78 Å². The summed E-state index contributed by atoms with van der Waals surface area (Å²) >= 11 is 1.49. The van der Waals surface area contributed by atoms with Gasteiger partial charge in [-0.3, -0.25) is 4.79 Å². The molecule has 2 heterocycles. The lowest BCUT2D eigenvalue weighted by atomic mass is 9.97. The summed E-state index contributed by atoms with van der Waals surface area (Å²) in [5, 5.41) is 1.94. The Morgan fingerprint density at radius 3 is 2.62 bits per heavy atom. The van der Waals surface area contributed by atoms with Gasteiger partial charge in [0.05, 0.1) is 4.88 Å². The van der Waals surface area contributed by atoms with Gasteiger partial charge in [-0.1, -0.05) is 36.4 Å². The van der Waals surface area contributed by atoms with Crippen LogP contribution in [0.3, 0.4) is 0 Å². The minimum atomic E-state index is 0.0661. The van der Waals surface area contributed by atoms with E-state index in [0.29, 0.717) is 0 Å². The van der Waals surface area contributed by atoms with Crippen LogP contribution < -0.4 is 0 Å². The van der Waals surface area contributed by atoms with Gasteiger partial charge in [0.15, 0.2) is 5.78 Å². The number of H-pyrrole nitrogens is 1. The van der Waals surface area contributed by atoms with Gasteiger partial charge in [-0.25, -0.2) is 0 Å². The second kappa shape index (κ2) is 6.62. The molecule has 120 valence electrons. The number of rotatable bonds is 4.